The third-order valence-electron chi connectivity index (χ3n) is 2.82. The average Bonchev–Trinajstić information content (AvgIpc) is 2.70. The summed E-state index contributed by atoms with van der Waals surface area (Å²) in [6, 6.07) is 8.43. The Morgan fingerprint density at radius 1 is 1.18 bits per heavy atom. The van der Waals surface area contributed by atoms with Gasteiger partial charge in [-0.2, -0.15) is 0 Å². The Morgan fingerprint density at radius 2 is 1.88 bits per heavy atom. The highest BCUT2D eigenvalue weighted by atomic mass is 15.1. The van der Waals surface area contributed by atoms with Crippen molar-refractivity contribution in [2.75, 3.05) is 0 Å². The fourth-order valence-corrected chi connectivity index (χ4v) is 1.84. The molecule has 17 heavy (non-hydrogen) atoms. The van der Waals surface area contributed by atoms with Crippen LogP contribution in [0.3, 0.4) is 0 Å². The smallest absolute Gasteiger partial charge is 0.233 e. The van der Waals surface area contributed by atoms with E-state index in [4.69, 9.17) is 0 Å². The van der Waals surface area contributed by atoms with Crippen molar-refractivity contribution in [3.8, 4) is 0 Å². The SMILES string of the molecule is C=Cc1ccc(C[n+]2cc(C=C)n(C)c2)cc1. The van der Waals surface area contributed by atoms with E-state index in [0.717, 1.165) is 17.8 Å². The second-order valence-electron chi connectivity index (χ2n) is 4.10. The van der Waals surface area contributed by atoms with Gasteiger partial charge in [0.25, 0.3) is 0 Å². The average molecular weight is 225 g/mol. The summed E-state index contributed by atoms with van der Waals surface area (Å²) in [5, 5.41) is 0. The van der Waals surface area contributed by atoms with Gasteiger partial charge in [0.15, 0.2) is 5.69 Å². The van der Waals surface area contributed by atoms with Gasteiger partial charge in [-0.3, -0.25) is 0 Å². The lowest BCUT2D eigenvalue weighted by molar-refractivity contribution is -0.687. The van der Waals surface area contributed by atoms with Crippen molar-refractivity contribution < 1.29 is 4.57 Å². The molecule has 0 bridgehead atoms. The standard InChI is InChI=1S/C15H17N2/c1-4-13-6-8-14(9-7-13)10-17-11-15(5-2)16(3)12-17/h4-9,11-12H,1-2,10H2,3H3/q+1. The summed E-state index contributed by atoms with van der Waals surface area (Å²) in [6.07, 6.45) is 7.87. The van der Waals surface area contributed by atoms with E-state index in [-0.39, 0.29) is 0 Å². The Morgan fingerprint density at radius 3 is 2.41 bits per heavy atom. The van der Waals surface area contributed by atoms with Crippen LogP contribution in [-0.2, 0) is 13.6 Å². The Hall–Kier alpha value is -2.09. The first kappa shape index (κ1) is 11.4. The number of aromatic nitrogens is 2. The minimum absolute atomic E-state index is 0.874. The van der Waals surface area contributed by atoms with Crippen LogP contribution in [-0.4, -0.2) is 4.57 Å². The molecule has 0 radical (unpaired) electrons. The van der Waals surface area contributed by atoms with E-state index in [2.05, 4.69) is 59.1 Å². The van der Waals surface area contributed by atoms with Crippen molar-refractivity contribution in [1.29, 1.82) is 0 Å². The van der Waals surface area contributed by atoms with Gasteiger partial charge in [0.05, 0.1) is 7.05 Å². The maximum absolute atomic E-state index is 3.79. The van der Waals surface area contributed by atoms with Crippen LogP contribution in [0, 0.1) is 0 Å². The fourth-order valence-electron chi connectivity index (χ4n) is 1.84. The van der Waals surface area contributed by atoms with Gasteiger partial charge in [0.2, 0.25) is 6.33 Å². The minimum atomic E-state index is 0.874. The molecule has 0 atom stereocenters. The van der Waals surface area contributed by atoms with E-state index >= 15 is 0 Å². The van der Waals surface area contributed by atoms with Crippen LogP contribution in [0.15, 0.2) is 49.9 Å². The predicted octanol–water partition coefficient (Wildman–Crippen LogP) is 2.65. The molecule has 0 unspecified atom stereocenters. The molecule has 0 saturated heterocycles. The molecule has 0 saturated carbocycles. The van der Waals surface area contributed by atoms with Crippen LogP contribution < -0.4 is 4.57 Å². The Bertz CT molecular complexity index is 533. The minimum Gasteiger partial charge on any atom is -0.233 e. The molecule has 0 N–H and O–H groups in total. The fraction of sp³-hybridized carbons (Fsp3) is 0.133. The molecular formula is C15H17N2+. The van der Waals surface area contributed by atoms with Crippen molar-refractivity contribution in [3.05, 3.63) is 66.8 Å². The summed E-state index contributed by atoms with van der Waals surface area (Å²) in [5.74, 6) is 0. The first-order valence-corrected chi connectivity index (χ1v) is 5.62. The van der Waals surface area contributed by atoms with Gasteiger partial charge in [-0.05, 0) is 17.2 Å². The second-order valence-corrected chi connectivity index (χ2v) is 4.10. The van der Waals surface area contributed by atoms with E-state index in [1.807, 2.05) is 19.2 Å². The number of imidazole rings is 1. The first-order valence-electron chi connectivity index (χ1n) is 5.62. The molecule has 2 nitrogen and oxygen atoms in total. The van der Waals surface area contributed by atoms with E-state index in [0.29, 0.717) is 0 Å². The zero-order chi connectivity index (χ0) is 12.3. The Labute approximate surface area is 102 Å². The normalized spacial score (nSPS) is 10.2. The molecular weight excluding hydrogens is 208 g/mol. The summed E-state index contributed by atoms with van der Waals surface area (Å²) in [7, 11) is 2.02. The van der Waals surface area contributed by atoms with E-state index in [1.165, 1.54) is 5.56 Å². The number of aryl methyl sites for hydroxylation is 1. The molecule has 0 amide bonds. The van der Waals surface area contributed by atoms with Crippen LogP contribution in [0.1, 0.15) is 16.8 Å². The summed E-state index contributed by atoms with van der Waals surface area (Å²) >= 11 is 0. The third kappa shape index (κ3) is 2.53. The van der Waals surface area contributed by atoms with E-state index in [1.54, 1.807) is 0 Å². The monoisotopic (exact) mass is 225 g/mol. The summed E-state index contributed by atoms with van der Waals surface area (Å²) in [6.45, 7) is 8.41. The maximum Gasteiger partial charge on any atom is 0.244 e. The molecule has 0 aliphatic rings. The molecule has 2 aromatic rings. The third-order valence-corrected chi connectivity index (χ3v) is 2.82. The lowest BCUT2D eigenvalue weighted by Gasteiger charge is -1.98. The van der Waals surface area contributed by atoms with Crippen LogP contribution >= 0.6 is 0 Å². The van der Waals surface area contributed by atoms with Gasteiger partial charge < -0.3 is 0 Å². The molecule has 0 spiro atoms. The van der Waals surface area contributed by atoms with Crippen molar-refractivity contribution in [1.82, 2.24) is 4.57 Å². The summed E-state index contributed by atoms with van der Waals surface area (Å²) in [5.41, 5.74) is 3.55. The number of rotatable bonds is 4. The second kappa shape index (κ2) is 4.83. The van der Waals surface area contributed by atoms with Crippen molar-refractivity contribution in [2.45, 2.75) is 6.54 Å². The first-order chi connectivity index (χ1) is 8.22. The number of benzene rings is 1. The highest BCUT2D eigenvalue weighted by molar-refractivity contribution is 5.47. The molecule has 0 fully saturated rings. The quantitative estimate of drug-likeness (QED) is 0.707. The van der Waals surface area contributed by atoms with Gasteiger partial charge in [-0.15, -0.1) is 0 Å². The van der Waals surface area contributed by atoms with Crippen LogP contribution in [0.4, 0.5) is 0 Å². The zero-order valence-corrected chi connectivity index (χ0v) is 10.1. The molecule has 0 aliphatic carbocycles. The molecule has 0 aliphatic heterocycles. The van der Waals surface area contributed by atoms with Gasteiger partial charge in [0, 0.05) is 0 Å². The lowest BCUT2D eigenvalue weighted by Crippen LogP contribution is -2.31. The molecule has 2 rings (SSSR count). The molecule has 1 heterocycles. The van der Waals surface area contributed by atoms with Gasteiger partial charge in [-0.1, -0.05) is 43.5 Å². The Balaban J connectivity index is 2.18. The number of nitrogens with zero attached hydrogens (tertiary/aromatic N) is 2. The van der Waals surface area contributed by atoms with Crippen LogP contribution in [0.25, 0.3) is 12.2 Å². The van der Waals surface area contributed by atoms with E-state index < -0.39 is 0 Å². The highest BCUT2D eigenvalue weighted by Crippen LogP contribution is 2.05. The summed E-state index contributed by atoms with van der Waals surface area (Å²) < 4.78 is 4.21. The van der Waals surface area contributed by atoms with Crippen LogP contribution in [0.5, 0.6) is 0 Å². The number of hydrogen-bond donors (Lipinski definition) is 0. The highest BCUT2D eigenvalue weighted by Gasteiger charge is 2.07. The predicted molar refractivity (Wildman–Crippen MR) is 71.3 cm³/mol. The van der Waals surface area contributed by atoms with Gasteiger partial charge in [0.1, 0.15) is 12.7 Å². The van der Waals surface area contributed by atoms with Gasteiger partial charge in [-0.25, -0.2) is 9.13 Å². The largest absolute Gasteiger partial charge is 0.244 e. The molecule has 2 heteroatoms. The zero-order valence-electron chi connectivity index (χ0n) is 10.1. The molecule has 86 valence electrons. The number of hydrogen-bond acceptors (Lipinski definition) is 0. The van der Waals surface area contributed by atoms with Crippen molar-refractivity contribution >= 4 is 12.2 Å². The van der Waals surface area contributed by atoms with Crippen molar-refractivity contribution in [2.24, 2.45) is 7.05 Å². The van der Waals surface area contributed by atoms with Crippen LogP contribution in [0.2, 0.25) is 0 Å². The molecule has 1 aromatic heterocycles. The van der Waals surface area contributed by atoms with Gasteiger partial charge >= 0.3 is 0 Å². The Kier molecular flexibility index (Phi) is 3.24. The maximum atomic E-state index is 3.79. The van der Waals surface area contributed by atoms with E-state index in [9.17, 15) is 0 Å². The van der Waals surface area contributed by atoms with Crippen molar-refractivity contribution in [3.63, 3.8) is 0 Å². The molecule has 1 aromatic carbocycles. The summed E-state index contributed by atoms with van der Waals surface area (Å²) in [4.78, 5) is 0. The topological polar surface area (TPSA) is 8.81 Å². The lowest BCUT2D eigenvalue weighted by atomic mass is 10.1.